The van der Waals surface area contributed by atoms with Crippen LogP contribution in [0.2, 0.25) is 0 Å². The van der Waals surface area contributed by atoms with Crippen molar-refractivity contribution in [1.29, 1.82) is 0 Å². The van der Waals surface area contributed by atoms with Gasteiger partial charge in [0.15, 0.2) is 0 Å². The zero-order valence-corrected chi connectivity index (χ0v) is 13.3. The molecule has 1 aromatic carbocycles. The minimum absolute atomic E-state index is 0.201. The predicted octanol–water partition coefficient (Wildman–Crippen LogP) is 1.50. The molecule has 2 N–H and O–H groups in total. The first-order valence-corrected chi connectivity index (χ1v) is 9.06. The molecule has 5 nitrogen and oxygen atoms in total. The number of methoxy groups -OCH3 is 1. The summed E-state index contributed by atoms with van der Waals surface area (Å²) >= 11 is 0. The molecule has 1 aromatic rings. The van der Waals surface area contributed by atoms with E-state index in [2.05, 4.69) is 10.0 Å². The summed E-state index contributed by atoms with van der Waals surface area (Å²) in [5, 5.41) is 3.29. The van der Waals surface area contributed by atoms with E-state index in [4.69, 9.17) is 4.74 Å². The Morgan fingerprint density at radius 3 is 2.71 bits per heavy atom. The molecular formula is C15H24N2O3S. The molecule has 118 valence electrons. The number of sulfonamides is 1. The molecule has 0 amide bonds. The highest BCUT2D eigenvalue weighted by atomic mass is 32.2. The SMILES string of the molecule is COc1ccccc1CNS(=O)(=O)CCC1CCNCC1. The van der Waals surface area contributed by atoms with E-state index in [1.165, 1.54) is 0 Å². The minimum atomic E-state index is -3.23. The van der Waals surface area contributed by atoms with Crippen LogP contribution in [0.1, 0.15) is 24.8 Å². The summed E-state index contributed by atoms with van der Waals surface area (Å²) < 4.78 is 32.0. The highest BCUT2D eigenvalue weighted by Crippen LogP contribution is 2.18. The summed E-state index contributed by atoms with van der Waals surface area (Å²) in [4.78, 5) is 0. The molecule has 21 heavy (non-hydrogen) atoms. The fraction of sp³-hybridized carbons (Fsp3) is 0.600. The maximum Gasteiger partial charge on any atom is 0.211 e. The van der Waals surface area contributed by atoms with Gasteiger partial charge in [-0.3, -0.25) is 0 Å². The molecule has 6 heteroatoms. The second-order valence-electron chi connectivity index (χ2n) is 5.43. The zero-order chi connectivity index (χ0) is 15.1. The van der Waals surface area contributed by atoms with Crippen molar-refractivity contribution in [3.05, 3.63) is 29.8 Å². The Morgan fingerprint density at radius 2 is 2.00 bits per heavy atom. The lowest BCUT2D eigenvalue weighted by Crippen LogP contribution is -2.31. The summed E-state index contributed by atoms with van der Waals surface area (Å²) in [6, 6.07) is 7.45. The molecule has 0 aliphatic carbocycles. The van der Waals surface area contributed by atoms with E-state index < -0.39 is 10.0 Å². The average Bonchev–Trinajstić information content (AvgIpc) is 2.52. The summed E-state index contributed by atoms with van der Waals surface area (Å²) in [7, 11) is -1.64. The van der Waals surface area contributed by atoms with E-state index in [-0.39, 0.29) is 12.3 Å². The fourth-order valence-corrected chi connectivity index (χ4v) is 3.76. The number of piperidine rings is 1. The van der Waals surface area contributed by atoms with Gasteiger partial charge >= 0.3 is 0 Å². The van der Waals surface area contributed by atoms with Crippen molar-refractivity contribution in [2.75, 3.05) is 26.0 Å². The van der Waals surface area contributed by atoms with Gasteiger partial charge in [-0.15, -0.1) is 0 Å². The van der Waals surface area contributed by atoms with Gasteiger partial charge in [-0.2, -0.15) is 0 Å². The molecule has 1 saturated heterocycles. The number of para-hydroxylation sites is 1. The maximum atomic E-state index is 12.1. The lowest BCUT2D eigenvalue weighted by molar-refractivity contribution is 0.365. The molecule has 1 aliphatic rings. The molecular weight excluding hydrogens is 288 g/mol. The lowest BCUT2D eigenvalue weighted by atomic mass is 9.96. The first kappa shape index (κ1) is 16.3. The average molecular weight is 312 g/mol. The van der Waals surface area contributed by atoms with Crippen LogP contribution in [-0.2, 0) is 16.6 Å². The Kier molecular flexibility index (Phi) is 6.02. The van der Waals surface area contributed by atoms with Crippen molar-refractivity contribution >= 4 is 10.0 Å². The Bertz CT molecular complexity index is 540. The Labute approximate surface area is 127 Å². The molecule has 0 aromatic heterocycles. The van der Waals surface area contributed by atoms with E-state index in [1.54, 1.807) is 7.11 Å². The van der Waals surface area contributed by atoms with Gasteiger partial charge in [0.1, 0.15) is 5.75 Å². The highest BCUT2D eigenvalue weighted by Gasteiger charge is 2.17. The second-order valence-corrected chi connectivity index (χ2v) is 7.36. The number of hydrogen-bond donors (Lipinski definition) is 2. The molecule has 2 rings (SSSR count). The van der Waals surface area contributed by atoms with E-state index in [0.717, 1.165) is 37.9 Å². The summed E-state index contributed by atoms with van der Waals surface area (Å²) in [5.74, 6) is 1.43. The number of nitrogens with one attached hydrogen (secondary N) is 2. The second kappa shape index (κ2) is 7.77. The van der Waals surface area contributed by atoms with Crippen molar-refractivity contribution in [2.45, 2.75) is 25.8 Å². The number of rotatable bonds is 7. The monoisotopic (exact) mass is 312 g/mol. The Hall–Kier alpha value is -1.11. The third-order valence-electron chi connectivity index (χ3n) is 3.93. The number of hydrogen-bond acceptors (Lipinski definition) is 4. The van der Waals surface area contributed by atoms with Crippen molar-refractivity contribution < 1.29 is 13.2 Å². The van der Waals surface area contributed by atoms with E-state index in [1.807, 2.05) is 24.3 Å². The van der Waals surface area contributed by atoms with Gasteiger partial charge in [0.25, 0.3) is 0 Å². The third kappa shape index (κ3) is 5.30. The van der Waals surface area contributed by atoms with Crippen LogP contribution in [-0.4, -0.2) is 34.4 Å². The van der Waals surface area contributed by atoms with Crippen molar-refractivity contribution in [1.82, 2.24) is 10.0 Å². The molecule has 0 saturated carbocycles. The van der Waals surface area contributed by atoms with Crippen LogP contribution < -0.4 is 14.8 Å². The van der Waals surface area contributed by atoms with Gasteiger partial charge in [-0.25, -0.2) is 13.1 Å². The van der Waals surface area contributed by atoms with Gasteiger partial charge < -0.3 is 10.1 Å². The molecule has 0 atom stereocenters. The first-order valence-electron chi connectivity index (χ1n) is 7.40. The van der Waals surface area contributed by atoms with Gasteiger partial charge in [-0.1, -0.05) is 18.2 Å². The van der Waals surface area contributed by atoms with Gasteiger partial charge in [0.2, 0.25) is 10.0 Å². The minimum Gasteiger partial charge on any atom is -0.496 e. The zero-order valence-electron chi connectivity index (χ0n) is 12.5. The Morgan fingerprint density at radius 1 is 1.29 bits per heavy atom. The molecule has 1 aliphatic heterocycles. The van der Waals surface area contributed by atoms with Gasteiger partial charge in [0.05, 0.1) is 12.9 Å². The first-order chi connectivity index (χ1) is 10.1. The van der Waals surface area contributed by atoms with E-state index in [0.29, 0.717) is 11.7 Å². The largest absolute Gasteiger partial charge is 0.496 e. The van der Waals surface area contributed by atoms with Gasteiger partial charge in [-0.05, 0) is 44.3 Å². The summed E-state index contributed by atoms with van der Waals surface area (Å²) in [5.41, 5.74) is 0.852. The Balaban J connectivity index is 1.83. The quantitative estimate of drug-likeness (QED) is 0.801. The normalized spacial score (nSPS) is 16.8. The fourth-order valence-electron chi connectivity index (χ4n) is 2.60. The van der Waals surface area contributed by atoms with Crippen molar-refractivity contribution in [3.63, 3.8) is 0 Å². The molecule has 0 unspecified atom stereocenters. The standard InChI is InChI=1S/C15H24N2O3S/c1-20-15-5-3-2-4-14(15)12-17-21(18,19)11-8-13-6-9-16-10-7-13/h2-5,13,16-17H,6-12H2,1H3. The smallest absolute Gasteiger partial charge is 0.211 e. The summed E-state index contributed by atoms with van der Waals surface area (Å²) in [6.07, 6.45) is 2.88. The maximum absolute atomic E-state index is 12.1. The molecule has 0 spiro atoms. The van der Waals surface area contributed by atoms with Crippen LogP contribution in [0, 0.1) is 5.92 Å². The highest BCUT2D eigenvalue weighted by molar-refractivity contribution is 7.89. The lowest BCUT2D eigenvalue weighted by Gasteiger charge is -2.22. The van der Waals surface area contributed by atoms with Crippen molar-refractivity contribution in [3.8, 4) is 5.75 Å². The molecule has 1 heterocycles. The van der Waals surface area contributed by atoms with Crippen LogP contribution in [0.5, 0.6) is 5.75 Å². The van der Waals surface area contributed by atoms with Crippen LogP contribution in [0.4, 0.5) is 0 Å². The predicted molar refractivity (Wildman–Crippen MR) is 83.8 cm³/mol. The third-order valence-corrected chi connectivity index (χ3v) is 5.29. The molecule has 0 radical (unpaired) electrons. The van der Waals surface area contributed by atoms with Crippen LogP contribution >= 0.6 is 0 Å². The number of benzene rings is 1. The van der Waals surface area contributed by atoms with Crippen LogP contribution in [0.3, 0.4) is 0 Å². The van der Waals surface area contributed by atoms with E-state index >= 15 is 0 Å². The molecule has 1 fully saturated rings. The van der Waals surface area contributed by atoms with Crippen LogP contribution in [0.15, 0.2) is 24.3 Å². The van der Waals surface area contributed by atoms with Crippen molar-refractivity contribution in [2.24, 2.45) is 5.92 Å². The van der Waals surface area contributed by atoms with E-state index in [9.17, 15) is 8.42 Å². The topological polar surface area (TPSA) is 67.4 Å². The molecule has 0 bridgehead atoms. The van der Waals surface area contributed by atoms with Crippen LogP contribution in [0.25, 0.3) is 0 Å². The number of ether oxygens (including phenoxy) is 1. The van der Waals surface area contributed by atoms with Gasteiger partial charge in [0, 0.05) is 12.1 Å². The summed E-state index contributed by atoms with van der Waals surface area (Å²) in [6.45, 7) is 2.28.